The van der Waals surface area contributed by atoms with Gasteiger partial charge in [-0.25, -0.2) is 0 Å². The van der Waals surface area contributed by atoms with E-state index in [4.69, 9.17) is 0 Å². The fourth-order valence-corrected chi connectivity index (χ4v) is 3.07. The smallest absolute Gasteiger partial charge is 0.0192 e. The first-order valence-electron chi connectivity index (χ1n) is 6.14. The van der Waals surface area contributed by atoms with Crippen LogP contribution in [-0.2, 0) is 0 Å². The van der Waals surface area contributed by atoms with Gasteiger partial charge in [-0.05, 0) is 26.4 Å². The fourth-order valence-electron chi connectivity index (χ4n) is 1.96. The van der Waals surface area contributed by atoms with E-state index in [9.17, 15) is 0 Å². The highest BCUT2D eigenvalue weighted by atomic mass is 32.2. The van der Waals surface area contributed by atoms with Crippen molar-refractivity contribution in [3.63, 3.8) is 0 Å². The molecule has 1 N–H and O–H groups in total. The second-order valence-electron chi connectivity index (χ2n) is 5.05. The molecule has 15 heavy (non-hydrogen) atoms. The Morgan fingerprint density at radius 3 is 2.80 bits per heavy atom. The lowest BCUT2D eigenvalue weighted by molar-refractivity contribution is 0.214. The molecule has 1 heterocycles. The van der Waals surface area contributed by atoms with Crippen LogP contribution in [0.25, 0.3) is 0 Å². The fraction of sp³-hybridized carbons (Fsp3) is 1.00. The number of hydrogen-bond donors (Lipinski definition) is 1. The molecule has 0 radical (unpaired) electrons. The zero-order valence-corrected chi connectivity index (χ0v) is 11.5. The Labute approximate surface area is 99.2 Å². The van der Waals surface area contributed by atoms with Crippen molar-refractivity contribution in [1.82, 2.24) is 10.2 Å². The van der Waals surface area contributed by atoms with Crippen molar-refractivity contribution in [2.75, 3.05) is 31.9 Å². The Morgan fingerprint density at radius 1 is 1.40 bits per heavy atom. The third-order valence-corrected chi connectivity index (χ3v) is 4.56. The van der Waals surface area contributed by atoms with E-state index in [2.05, 4.69) is 49.7 Å². The van der Waals surface area contributed by atoms with E-state index in [-0.39, 0.29) is 0 Å². The molecule has 0 bridgehead atoms. The van der Waals surface area contributed by atoms with E-state index < -0.39 is 0 Å². The number of hydrogen-bond acceptors (Lipinski definition) is 3. The summed E-state index contributed by atoms with van der Waals surface area (Å²) in [7, 11) is 0. The molecule has 3 heteroatoms. The van der Waals surface area contributed by atoms with Crippen LogP contribution in [0.1, 0.15) is 34.1 Å². The van der Waals surface area contributed by atoms with Crippen LogP contribution in [-0.4, -0.2) is 47.6 Å². The molecule has 1 unspecified atom stereocenters. The maximum atomic E-state index is 3.44. The van der Waals surface area contributed by atoms with E-state index >= 15 is 0 Å². The number of likely N-dealkylation sites (N-methyl/N-ethyl adjacent to an activating group) is 1. The van der Waals surface area contributed by atoms with Crippen LogP contribution in [0.2, 0.25) is 0 Å². The van der Waals surface area contributed by atoms with Gasteiger partial charge < -0.3 is 5.32 Å². The van der Waals surface area contributed by atoms with E-state index in [0.717, 1.165) is 13.1 Å². The van der Waals surface area contributed by atoms with Crippen molar-refractivity contribution in [3.8, 4) is 0 Å². The first-order chi connectivity index (χ1) is 7.05. The van der Waals surface area contributed by atoms with E-state index in [0.29, 0.717) is 10.8 Å². The van der Waals surface area contributed by atoms with Crippen LogP contribution < -0.4 is 5.32 Å². The van der Waals surface area contributed by atoms with E-state index in [1.165, 1.54) is 25.3 Å². The molecule has 1 aliphatic heterocycles. The molecule has 0 aliphatic carbocycles. The summed E-state index contributed by atoms with van der Waals surface area (Å²) in [5.74, 6) is 1.28. The largest absolute Gasteiger partial charge is 0.315 e. The number of nitrogens with zero attached hydrogens (tertiary/aromatic N) is 1. The normalized spacial score (nSPS) is 24.8. The van der Waals surface area contributed by atoms with Gasteiger partial charge in [0.25, 0.3) is 0 Å². The predicted molar refractivity (Wildman–Crippen MR) is 70.7 cm³/mol. The van der Waals surface area contributed by atoms with Crippen LogP contribution in [0.5, 0.6) is 0 Å². The Balaban J connectivity index is 2.36. The lowest BCUT2D eigenvalue weighted by Gasteiger charge is -2.28. The molecule has 90 valence electrons. The molecule has 0 spiro atoms. The zero-order chi connectivity index (χ0) is 11.3. The van der Waals surface area contributed by atoms with Gasteiger partial charge in [0, 0.05) is 29.6 Å². The minimum absolute atomic E-state index is 0.479. The summed E-state index contributed by atoms with van der Waals surface area (Å²) < 4.78 is 0.479. The molecular formula is C12H26N2S. The van der Waals surface area contributed by atoms with Gasteiger partial charge in [-0.1, -0.05) is 20.8 Å². The lowest BCUT2D eigenvalue weighted by Crippen LogP contribution is -2.41. The Hall–Kier alpha value is 0.270. The molecule has 1 fully saturated rings. The number of thioether (sulfide) groups is 1. The van der Waals surface area contributed by atoms with E-state index in [1.54, 1.807) is 0 Å². The van der Waals surface area contributed by atoms with Crippen molar-refractivity contribution in [1.29, 1.82) is 0 Å². The maximum Gasteiger partial charge on any atom is 0.0192 e. The van der Waals surface area contributed by atoms with Gasteiger partial charge >= 0.3 is 0 Å². The summed E-state index contributed by atoms with van der Waals surface area (Å²) in [4.78, 5) is 2.63. The molecule has 0 saturated carbocycles. The minimum Gasteiger partial charge on any atom is -0.315 e. The van der Waals surface area contributed by atoms with Crippen molar-refractivity contribution in [3.05, 3.63) is 0 Å². The Morgan fingerprint density at radius 2 is 2.13 bits per heavy atom. The second kappa shape index (κ2) is 6.12. The predicted octanol–water partition coefficient (Wildman–Crippen LogP) is 2.20. The second-order valence-corrected chi connectivity index (χ2v) is 6.85. The summed E-state index contributed by atoms with van der Waals surface area (Å²) in [6.45, 7) is 14.0. The van der Waals surface area contributed by atoms with Gasteiger partial charge in [0.1, 0.15) is 0 Å². The van der Waals surface area contributed by atoms with Crippen LogP contribution in [0.4, 0.5) is 0 Å². The van der Waals surface area contributed by atoms with Crippen LogP contribution >= 0.6 is 11.8 Å². The molecule has 0 aromatic carbocycles. The highest BCUT2D eigenvalue weighted by Gasteiger charge is 2.25. The molecule has 1 saturated heterocycles. The van der Waals surface area contributed by atoms with Crippen LogP contribution in [0.15, 0.2) is 0 Å². The van der Waals surface area contributed by atoms with Gasteiger partial charge in [0.15, 0.2) is 0 Å². The van der Waals surface area contributed by atoms with Gasteiger partial charge in [-0.3, -0.25) is 4.90 Å². The molecule has 0 amide bonds. The first-order valence-corrected chi connectivity index (χ1v) is 7.12. The quantitative estimate of drug-likeness (QED) is 0.797. The summed E-state index contributed by atoms with van der Waals surface area (Å²) >= 11 is 2.12. The molecule has 1 aliphatic rings. The molecule has 0 aromatic rings. The van der Waals surface area contributed by atoms with Crippen LogP contribution in [0.3, 0.4) is 0 Å². The third-order valence-electron chi connectivity index (χ3n) is 3.19. The lowest BCUT2D eigenvalue weighted by atomic mass is 10.1. The SMILES string of the molecule is CCNCC(C)N1CCSC(C)(C)CC1. The Bertz CT molecular complexity index is 182. The van der Waals surface area contributed by atoms with E-state index in [1.807, 2.05) is 0 Å². The van der Waals surface area contributed by atoms with Gasteiger partial charge in [0.2, 0.25) is 0 Å². The van der Waals surface area contributed by atoms with Crippen molar-refractivity contribution < 1.29 is 0 Å². The van der Waals surface area contributed by atoms with Crippen molar-refractivity contribution >= 4 is 11.8 Å². The molecule has 2 nitrogen and oxygen atoms in total. The van der Waals surface area contributed by atoms with Gasteiger partial charge in [0.05, 0.1) is 0 Å². The highest BCUT2D eigenvalue weighted by molar-refractivity contribution is 8.00. The standard InChI is InChI=1S/C12H26N2S/c1-5-13-10-11(2)14-7-6-12(3,4)15-9-8-14/h11,13H,5-10H2,1-4H3. The third kappa shape index (κ3) is 4.75. The maximum absolute atomic E-state index is 3.44. The van der Waals surface area contributed by atoms with Crippen molar-refractivity contribution in [2.45, 2.75) is 44.9 Å². The molecule has 1 atom stereocenters. The van der Waals surface area contributed by atoms with Gasteiger partial charge in [-0.2, -0.15) is 11.8 Å². The first kappa shape index (κ1) is 13.3. The minimum atomic E-state index is 0.479. The summed E-state index contributed by atoms with van der Waals surface area (Å²) in [5, 5.41) is 3.44. The topological polar surface area (TPSA) is 15.3 Å². The summed E-state index contributed by atoms with van der Waals surface area (Å²) in [6, 6.07) is 0.680. The van der Waals surface area contributed by atoms with Crippen molar-refractivity contribution in [2.24, 2.45) is 0 Å². The molecule has 1 rings (SSSR count). The monoisotopic (exact) mass is 230 g/mol. The number of nitrogens with one attached hydrogen (secondary N) is 1. The Kier molecular flexibility index (Phi) is 5.44. The molecular weight excluding hydrogens is 204 g/mol. The summed E-state index contributed by atoms with van der Waals surface area (Å²) in [6.07, 6.45) is 1.31. The molecule has 0 aromatic heterocycles. The summed E-state index contributed by atoms with van der Waals surface area (Å²) in [5.41, 5.74) is 0. The van der Waals surface area contributed by atoms with Gasteiger partial charge in [-0.15, -0.1) is 0 Å². The average Bonchev–Trinajstić information content (AvgIpc) is 2.36. The van der Waals surface area contributed by atoms with Crippen LogP contribution in [0, 0.1) is 0 Å². The average molecular weight is 230 g/mol. The number of rotatable bonds is 4. The zero-order valence-electron chi connectivity index (χ0n) is 10.7. The highest BCUT2D eigenvalue weighted by Crippen LogP contribution is 2.31.